The Labute approximate surface area is 203 Å². The van der Waals surface area contributed by atoms with Crippen LogP contribution in [-0.4, -0.2) is 58.9 Å². The van der Waals surface area contributed by atoms with E-state index in [0.717, 1.165) is 22.9 Å². The first-order chi connectivity index (χ1) is 16.4. The summed E-state index contributed by atoms with van der Waals surface area (Å²) >= 11 is 0.914. The van der Waals surface area contributed by atoms with E-state index in [9.17, 15) is 19.2 Å². The fraction of sp³-hybridized carbons (Fsp3) is 0.308. The quantitative estimate of drug-likeness (QED) is 0.641. The number of piperidine rings is 1. The van der Waals surface area contributed by atoms with Crippen molar-refractivity contribution in [2.45, 2.75) is 19.8 Å². The maximum Gasteiger partial charge on any atom is 0.293 e. The summed E-state index contributed by atoms with van der Waals surface area (Å²) < 4.78 is 0. The van der Waals surface area contributed by atoms with Crippen LogP contribution in [-0.2, 0) is 9.59 Å². The van der Waals surface area contributed by atoms with Gasteiger partial charge >= 0.3 is 0 Å². The number of aryl methyl sites for hydroxylation is 1. The summed E-state index contributed by atoms with van der Waals surface area (Å²) in [6.45, 7) is 3.31. The van der Waals surface area contributed by atoms with Crippen LogP contribution < -0.4 is 5.32 Å². The Bertz CT molecular complexity index is 1120. The number of thioether (sulfide) groups is 1. The minimum Gasteiger partial charge on any atom is -0.354 e. The van der Waals surface area contributed by atoms with Crippen LogP contribution in [0.2, 0.25) is 0 Å². The summed E-state index contributed by atoms with van der Waals surface area (Å²) in [5.41, 5.74) is 2.50. The molecule has 4 rings (SSSR count). The van der Waals surface area contributed by atoms with E-state index in [2.05, 4.69) is 5.32 Å². The second-order valence-corrected chi connectivity index (χ2v) is 9.41. The van der Waals surface area contributed by atoms with Crippen LogP contribution in [0.3, 0.4) is 0 Å². The molecule has 176 valence electrons. The molecule has 4 amide bonds. The van der Waals surface area contributed by atoms with Gasteiger partial charge in [-0.25, -0.2) is 0 Å². The van der Waals surface area contributed by atoms with Crippen LogP contribution in [0.25, 0.3) is 6.08 Å². The van der Waals surface area contributed by atoms with E-state index in [-0.39, 0.29) is 42.0 Å². The molecule has 2 saturated heterocycles. The van der Waals surface area contributed by atoms with E-state index < -0.39 is 0 Å². The maximum atomic E-state index is 12.8. The van der Waals surface area contributed by atoms with Gasteiger partial charge in [0.25, 0.3) is 17.1 Å². The van der Waals surface area contributed by atoms with Crippen LogP contribution in [0.5, 0.6) is 0 Å². The molecule has 0 aliphatic carbocycles. The number of hydrogen-bond donors (Lipinski definition) is 1. The minimum atomic E-state index is -0.337. The van der Waals surface area contributed by atoms with Gasteiger partial charge in [0.1, 0.15) is 0 Å². The Morgan fingerprint density at radius 3 is 2.41 bits per heavy atom. The fourth-order valence-electron chi connectivity index (χ4n) is 4.16. The lowest BCUT2D eigenvalue weighted by Gasteiger charge is -2.31. The Balaban J connectivity index is 1.24. The third-order valence-electron chi connectivity index (χ3n) is 6.13. The summed E-state index contributed by atoms with van der Waals surface area (Å²) in [6.07, 6.45) is 2.88. The number of hydrogen-bond acceptors (Lipinski definition) is 5. The molecule has 34 heavy (non-hydrogen) atoms. The zero-order valence-electron chi connectivity index (χ0n) is 19.0. The standard InChI is InChI=1S/C26H27N3O4S/c1-18-7-5-6-10-21(18)24(31)28-14-11-20(12-15-28)23(30)27-13-16-29-25(32)22(34-26(29)33)17-19-8-3-2-4-9-19/h2-10,17,20H,11-16H2,1H3,(H,27,30)/b22-17-. The highest BCUT2D eigenvalue weighted by atomic mass is 32.2. The summed E-state index contributed by atoms with van der Waals surface area (Å²) in [5.74, 6) is -0.625. The number of nitrogens with zero attached hydrogens (tertiary/aromatic N) is 2. The highest BCUT2D eigenvalue weighted by Gasteiger charge is 2.35. The number of rotatable bonds is 6. The van der Waals surface area contributed by atoms with Crippen molar-refractivity contribution in [2.75, 3.05) is 26.2 Å². The largest absolute Gasteiger partial charge is 0.354 e. The number of likely N-dealkylation sites (tertiary alicyclic amines) is 1. The Hall–Kier alpha value is -3.39. The van der Waals surface area contributed by atoms with Crippen molar-refractivity contribution in [1.82, 2.24) is 15.1 Å². The molecule has 2 fully saturated rings. The van der Waals surface area contributed by atoms with Gasteiger partial charge in [-0.3, -0.25) is 24.1 Å². The molecule has 1 N–H and O–H groups in total. The van der Waals surface area contributed by atoms with E-state index in [4.69, 9.17) is 0 Å². The highest BCUT2D eigenvalue weighted by molar-refractivity contribution is 8.18. The van der Waals surface area contributed by atoms with Crippen molar-refractivity contribution in [1.29, 1.82) is 0 Å². The van der Waals surface area contributed by atoms with Gasteiger partial charge in [-0.05, 0) is 54.8 Å². The van der Waals surface area contributed by atoms with Crippen LogP contribution in [0.4, 0.5) is 4.79 Å². The molecule has 2 aromatic rings. The van der Waals surface area contributed by atoms with Crippen molar-refractivity contribution in [3.05, 3.63) is 76.2 Å². The van der Waals surface area contributed by atoms with Gasteiger partial charge in [-0.15, -0.1) is 0 Å². The summed E-state index contributed by atoms with van der Waals surface area (Å²) in [5, 5.41) is 2.52. The zero-order valence-corrected chi connectivity index (χ0v) is 19.8. The number of carbonyl (C=O) groups is 4. The van der Waals surface area contributed by atoms with E-state index in [0.29, 0.717) is 36.4 Å². The number of benzene rings is 2. The summed E-state index contributed by atoms with van der Waals surface area (Å²) in [7, 11) is 0. The lowest BCUT2D eigenvalue weighted by Crippen LogP contribution is -2.44. The van der Waals surface area contributed by atoms with Gasteiger partial charge in [-0.2, -0.15) is 0 Å². The molecular weight excluding hydrogens is 450 g/mol. The van der Waals surface area contributed by atoms with Gasteiger partial charge in [-0.1, -0.05) is 48.5 Å². The molecule has 2 aliphatic heterocycles. The number of carbonyl (C=O) groups excluding carboxylic acids is 4. The van der Waals surface area contributed by atoms with E-state index in [1.807, 2.05) is 61.5 Å². The normalized spacial score (nSPS) is 18.0. The molecule has 0 unspecified atom stereocenters. The molecule has 0 radical (unpaired) electrons. The predicted molar refractivity (Wildman–Crippen MR) is 132 cm³/mol. The molecule has 7 nitrogen and oxygen atoms in total. The lowest BCUT2D eigenvalue weighted by molar-refractivity contribution is -0.127. The van der Waals surface area contributed by atoms with Gasteiger partial charge in [0.2, 0.25) is 5.91 Å². The number of imide groups is 1. The first-order valence-electron chi connectivity index (χ1n) is 11.4. The minimum absolute atomic E-state index is 0.000113. The highest BCUT2D eigenvalue weighted by Crippen LogP contribution is 2.31. The van der Waals surface area contributed by atoms with Crippen molar-refractivity contribution in [3.8, 4) is 0 Å². The number of amides is 4. The van der Waals surface area contributed by atoms with Crippen molar-refractivity contribution in [3.63, 3.8) is 0 Å². The molecule has 0 aromatic heterocycles. The van der Waals surface area contributed by atoms with E-state index >= 15 is 0 Å². The Morgan fingerprint density at radius 1 is 1.03 bits per heavy atom. The van der Waals surface area contributed by atoms with Gasteiger partial charge in [0, 0.05) is 37.7 Å². The van der Waals surface area contributed by atoms with Crippen LogP contribution in [0, 0.1) is 12.8 Å². The molecule has 2 aliphatic rings. The first kappa shape index (κ1) is 23.8. The van der Waals surface area contributed by atoms with E-state index in [1.165, 1.54) is 4.90 Å². The molecule has 2 heterocycles. The zero-order chi connectivity index (χ0) is 24.1. The van der Waals surface area contributed by atoms with Gasteiger partial charge in [0.15, 0.2) is 0 Å². The Kier molecular flexibility index (Phi) is 7.47. The molecule has 0 saturated carbocycles. The fourth-order valence-corrected chi connectivity index (χ4v) is 5.02. The summed E-state index contributed by atoms with van der Waals surface area (Å²) in [4.78, 5) is 53.6. The topological polar surface area (TPSA) is 86.8 Å². The third-order valence-corrected chi connectivity index (χ3v) is 7.04. The maximum absolute atomic E-state index is 12.8. The van der Waals surface area contributed by atoms with Gasteiger partial charge in [0.05, 0.1) is 4.91 Å². The lowest BCUT2D eigenvalue weighted by atomic mass is 9.95. The smallest absolute Gasteiger partial charge is 0.293 e. The van der Waals surface area contributed by atoms with Crippen LogP contribution in [0.1, 0.15) is 34.3 Å². The molecular formula is C26H27N3O4S. The molecule has 2 aromatic carbocycles. The second-order valence-electron chi connectivity index (χ2n) is 8.42. The van der Waals surface area contributed by atoms with Crippen LogP contribution >= 0.6 is 11.8 Å². The number of nitrogens with one attached hydrogen (secondary N) is 1. The first-order valence-corrected chi connectivity index (χ1v) is 12.2. The average molecular weight is 478 g/mol. The average Bonchev–Trinajstić information content (AvgIpc) is 3.12. The van der Waals surface area contributed by atoms with Crippen LogP contribution in [0.15, 0.2) is 59.5 Å². The summed E-state index contributed by atoms with van der Waals surface area (Å²) in [6, 6.07) is 16.9. The molecule has 0 bridgehead atoms. The van der Waals surface area contributed by atoms with Gasteiger partial charge < -0.3 is 10.2 Å². The van der Waals surface area contributed by atoms with Crippen molar-refractivity contribution >= 4 is 40.8 Å². The molecule has 0 atom stereocenters. The SMILES string of the molecule is Cc1ccccc1C(=O)N1CCC(C(=O)NCCN2C(=O)S/C(=C\c3ccccc3)C2=O)CC1. The Morgan fingerprint density at radius 2 is 1.71 bits per heavy atom. The third kappa shape index (κ3) is 5.39. The van der Waals surface area contributed by atoms with Crippen molar-refractivity contribution < 1.29 is 19.2 Å². The molecule has 8 heteroatoms. The molecule has 0 spiro atoms. The van der Waals surface area contributed by atoms with E-state index in [1.54, 1.807) is 11.0 Å². The van der Waals surface area contributed by atoms with Crippen molar-refractivity contribution in [2.24, 2.45) is 5.92 Å². The second kappa shape index (κ2) is 10.7. The predicted octanol–water partition coefficient (Wildman–Crippen LogP) is 3.70. The monoisotopic (exact) mass is 477 g/mol.